The van der Waals surface area contributed by atoms with E-state index in [-0.39, 0.29) is 75.7 Å². The molecular weight excluding hydrogens is 1010 g/mol. The Kier molecular flexibility index (Phi) is 11.3. The number of hydrogen-bond acceptors (Lipinski definition) is 10. The second-order valence-electron chi connectivity index (χ2n) is 13.3. The van der Waals surface area contributed by atoms with Crippen LogP contribution >= 0.6 is 0 Å². The van der Waals surface area contributed by atoms with Gasteiger partial charge in [-0.25, -0.2) is 29.8 Å². The molecule has 0 aromatic carbocycles. The van der Waals surface area contributed by atoms with Gasteiger partial charge in [0, 0.05) is 54.8 Å². The van der Waals surface area contributed by atoms with E-state index in [1.54, 1.807) is 60.7 Å². The molecule has 0 radical (unpaired) electrons. The van der Waals surface area contributed by atoms with Crippen molar-refractivity contribution in [2.45, 2.75) is 57.8 Å². The SMILES string of the molecule is CC(C)(C)c1n[c-]n(-c2cccc(C(c3cccc(C(=O)O)n3)(c3cccc(C(=O)O)n3)c3cccc(-n4[c-]nc(C(C)(C)C)n4)n3)n2)n1.[Pt].[Pt]. The molecule has 6 aromatic heterocycles. The van der Waals surface area contributed by atoms with Crippen LogP contribution in [0.3, 0.4) is 0 Å². The molecule has 0 spiro atoms. The standard InChI is InChI=1S/C35H32N10O4.2Pt/c1-33(2,3)31-36-19-44(42-31)27-17-9-15-25(40-27)35(23-13-7-11-21(38-23)29(46)47,24-14-8-12-22(39-24)30(48)49)26-16-10-18-28(41-26)45-20-37-32(43-45)34(4,5)6;;/h7-18H,1-6H3,(H,46,47)(H,48,49);;/q-2;;. The second kappa shape index (κ2) is 14.8. The normalized spacial score (nSPS) is 11.7. The van der Waals surface area contributed by atoms with Gasteiger partial charge in [-0.1, -0.05) is 77.9 Å². The summed E-state index contributed by atoms with van der Waals surface area (Å²) in [6.45, 7) is 11.9. The molecule has 2 N–H and O–H groups in total. The van der Waals surface area contributed by atoms with Gasteiger partial charge in [0.1, 0.15) is 16.8 Å². The molecule has 51 heavy (non-hydrogen) atoms. The van der Waals surface area contributed by atoms with Gasteiger partial charge in [-0.2, -0.15) is 0 Å². The minimum atomic E-state index is -1.68. The maximum absolute atomic E-state index is 12.2. The number of pyridine rings is 4. The molecule has 16 heteroatoms. The zero-order valence-corrected chi connectivity index (χ0v) is 32.8. The van der Waals surface area contributed by atoms with Gasteiger partial charge in [-0.05, 0) is 47.2 Å². The first-order valence-electron chi connectivity index (χ1n) is 15.3. The van der Waals surface area contributed by atoms with Crippen molar-refractivity contribution in [2.24, 2.45) is 0 Å². The van der Waals surface area contributed by atoms with Crippen molar-refractivity contribution in [1.29, 1.82) is 0 Å². The van der Waals surface area contributed by atoms with Gasteiger partial charge in [0.2, 0.25) is 0 Å². The number of aromatic nitrogens is 10. The van der Waals surface area contributed by atoms with E-state index in [1.165, 1.54) is 21.5 Å². The molecule has 0 saturated carbocycles. The zero-order valence-electron chi connectivity index (χ0n) is 28.2. The molecule has 0 atom stereocenters. The van der Waals surface area contributed by atoms with Crippen LogP contribution < -0.4 is 0 Å². The Bertz CT molecular complexity index is 2050. The molecule has 14 nitrogen and oxygen atoms in total. The average Bonchev–Trinajstić information content (AvgIpc) is 3.78. The molecule has 0 aliphatic heterocycles. The van der Waals surface area contributed by atoms with Crippen molar-refractivity contribution in [1.82, 2.24) is 49.5 Å². The molecule has 0 saturated heterocycles. The summed E-state index contributed by atoms with van der Waals surface area (Å²) >= 11 is 0. The third-order valence-corrected chi connectivity index (χ3v) is 7.61. The van der Waals surface area contributed by atoms with Crippen LogP contribution in [0.2, 0.25) is 0 Å². The van der Waals surface area contributed by atoms with Crippen molar-refractivity contribution in [3.05, 3.63) is 131 Å². The fourth-order valence-electron chi connectivity index (χ4n) is 5.12. The monoisotopic (exact) mass is 1050 g/mol. The van der Waals surface area contributed by atoms with Crippen LogP contribution in [0, 0.1) is 12.7 Å². The number of hydrogen-bond donors (Lipinski definition) is 2. The van der Waals surface area contributed by atoms with Gasteiger partial charge in [0.05, 0.1) is 46.1 Å². The number of carbonyl (C=O) groups is 2. The molecule has 6 aromatic rings. The van der Waals surface area contributed by atoms with E-state index in [1.807, 2.05) is 41.5 Å². The summed E-state index contributed by atoms with van der Waals surface area (Å²) in [5.74, 6) is -0.750. The van der Waals surface area contributed by atoms with Crippen molar-refractivity contribution >= 4 is 11.9 Å². The summed E-state index contributed by atoms with van der Waals surface area (Å²) in [6.07, 6.45) is 5.78. The first-order valence-corrected chi connectivity index (χ1v) is 15.3. The van der Waals surface area contributed by atoms with E-state index in [0.29, 0.717) is 34.7 Å². The Morgan fingerprint density at radius 1 is 0.549 bits per heavy atom. The quantitative estimate of drug-likeness (QED) is 0.205. The van der Waals surface area contributed by atoms with Gasteiger partial charge in [-0.15, -0.1) is 0 Å². The predicted molar refractivity (Wildman–Crippen MR) is 175 cm³/mol. The molecule has 0 aliphatic rings. The number of carboxylic acid groups (broad SMARTS) is 2. The van der Waals surface area contributed by atoms with E-state index >= 15 is 0 Å². The molecule has 6 heterocycles. The fraction of sp³-hybridized carbons (Fsp3) is 0.257. The summed E-state index contributed by atoms with van der Waals surface area (Å²) in [4.78, 5) is 52.4. The fourth-order valence-corrected chi connectivity index (χ4v) is 5.12. The van der Waals surface area contributed by atoms with Crippen molar-refractivity contribution in [3.63, 3.8) is 0 Å². The van der Waals surface area contributed by atoms with Gasteiger partial charge in [0.25, 0.3) is 0 Å². The van der Waals surface area contributed by atoms with Gasteiger partial charge in [-0.3, -0.25) is 9.97 Å². The Morgan fingerprint density at radius 2 is 0.882 bits per heavy atom. The maximum atomic E-state index is 12.2. The molecule has 0 unspecified atom stereocenters. The van der Waals surface area contributed by atoms with Gasteiger partial charge in [0.15, 0.2) is 0 Å². The summed E-state index contributed by atoms with van der Waals surface area (Å²) in [6, 6.07) is 19.4. The summed E-state index contributed by atoms with van der Waals surface area (Å²) < 4.78 is 2.83. The van der Waals surface area contributed by atoms with Gasteiger partial charge < -0.3 is 29.5 Å². The molecule has 268 valence electrons. The predicted octanol–water partition coefficient (Wildman–Crippen LogP) is 4.40. The third kappa shape index (κ3) is 7.62. The van der Waals surface area contributed by atoms with E-state index in [9.17, 15) is 19.8 Å². The molecule has 0 fully saturated rings. The van der Waals surface area contributed by atoms with Crippen molar-refractivity contribution in [2.75, 3.05) is 0 Å². The van der Waals surface area contributed by atoms with Crippen LogP contribution in [-0.4, -0.2) is 71.6 Å². The minimum Gasteiger partial charge on any atom is -0.477 e. The van der Waals surface area contributed by atoms with Crippen LogP contribution in [0.15, 0.2) is 72.8 Å². The average molecular weight is 1050 g/mol. The van der Waals surface area contributed by atoms with E-state index in [2.05, 4.69) is 42.8 Å². The Hall–Kier alpha value is -4.80. The van der Waals surface area contributed by atoms with E-state index < -0.39 is 17.4 Å². The Balaban J connectivity index is 0.00000292. The number of rotatable bonds is 8. The number of aromatic carboxylic acids is 2. The molecule has 0 amide bonds. The maximum Gasteiger partial charge on any atom is 0.354 e. The second-order valence-corrected chi connectivity index (χ2v) is 13.3. The third-order valence-electron chi connectivity index (χ3n) is 7.61. The molecule has 0 aliphatic carbocycles. The van der Waals surface area contributed by atoms with Crippen LogP contribution in [0.25, 0.3) is 11.6 Å². The van der Waals surface area contributed by atoms with E-state index in [0.717, 1.165) is 0 Å². The molecule has 6 rings (SSSR count). The number of carboxylic acids is 2. The Labute approximate surface area is 322 Å². The first-order chi connectivity index (χ1) is 23.2. The Morgan fingerprint density at radius 3 is 1.20 bits per heavy atom. The van der Waals surface area contributed by atoms with Crippen LogP contribution in [0.5, 0.6) is 0 Å². The van der Waals surface area contributed by atoms with Crippen LogP contribution in [0.1, 0.15) is 96.9 Å². The van der Waals surface area contributed by atoms with Crippen molar-refractivity contribution < 1.29 is 61.9 Å². The van der Waals surface area contributed by atoms with Crippen LogP contribution in [0.4, 0.5) is 0 Å². The van der Waals surface area contributed by atoms with E-state index in [4.69, 9.17) is 9.97 Å². The molecule has 0 bridgehead atoms. The largest absolute Gasteiger partial charge is 0.477 e. The van der Waals surface area contributed by atoms with Crippen LogP contribution in [-0.2, 0) is 58.4 Å². The topological polar surface area (TPSA) is 188 Å². The van der Waals surface area contributed by atoms with Crippen molar-refractivity contribution in [3.8, 4) is 11.6 Å². The summed E-state index contributed by atoms with van der Waals surface area (Å²) in [5, 5.41) is 29.2. The van der Waals surface area contributed by atoms with Gasteiger partial charge >= 0.3 is 11.9 Å². The molecular formula is C35H32N10O4Pt2-2. The minimum absolute atomic E-state index is 0. The summed E-state index contributed by atoms with van der Waals surface area (Å²) in [7, 11) is 0. The smallest absolute Gasteiger partial charge is 0.354 e. The first kappa shape index (κ1) is 39.0. The zero-order chi connectivity index (χ0) is 35.1. The number of nitrogens with zero attached hydrogens (tertiary/aromatic N) is 10. The summed E-state index contributed by atoms with van der Waals surface area (Å²) in [5.41, 5.74) is -1.96.